The lowest BCUT2D eigenvalue weighted by Gasteiger charge is -2.35. The first-order valence-electron chi connectivity index (χ1n) is 8.42. The zero-order chi connectivity index (χ0) is 17.6. The molecule has 24 heavy (non-hydrogen) atoms. The first-order chi connectivity index (χ1) is 11.5. The first kappa shape index (κ1) is 18.9. The van der Waals surface area contributed by atoms with Crippen molar-refractivity contribution >= 4 is 21.7 Å². The van der Waals surface area contributed by atoms with Crippen LogP contribution in [0.25, 0.3) is 0 Å². The lowest BCUT2D eigenvalue weighted by Crippen LogP contribution is -2.41. The number of nitrogens with zero attached hydrogens (tertiary/aromatic N) is 1. The molecule has 2 aromatic carbocycles. The Bertz CT molecular complexity index is 598. The van der Waals surface area contributed by atoms with Crippen LogP contribution in [0.15, 0.2) is 60.7 Å². The van der Waals surface area contributed by atoms with E-state index in [2.05, 4.69) is 59.2 Å². The number of carbonyl (C=O) groups excluding carboxylic acids is 1. The van der Waals surface area contributed by atoms with Crippen molar-refractivity contribution < 1.29 is 4.79 Å². The topological polar surface area (TPSA) is 20.3 Å². The molecule has 0 saturated carbocycles. The van der Waals surface area contributed by atoms with Crippen molar-refractivity contribution in [2.24, 2.45) is 0 Å². The van der Waals surface area contributed by atoms with Gasteiger partial charge in [-0.2, -0.15) is 0 Å². The summed E-state index contributed by atoms with van der Waals surface area (Å²) in [5.41, 5.74) is 1.54. The summed E-state index contributed by atoms with van der Waals surface area (Å²) in [6.45, 7) is 2.89. The molecule has 2 rings (SSSR count). The Balaban J connectivity index is 2.57. The smallest absolute Gasteiger partial charge is 0.161 e. The maximum absolute atomic E-state index is 13.4. The minimum atomic E-state index is -0.610. The van der Waals surface area contributed by atoms with Crippen molar-refractivity contribution in [3.63, 3.8) is 0 Å². The van der Waals surface area contributed by atoms with Crippen LogP contribution in [0.4, 0.5) is 0 Å². The standard InChI is InChI=1S/C21H26BrNO/c1-17(22)20(24)21(15-10-16-23(2)3,18-11-6-4-7-12-18)19-13-8-5-9-14-19/h4-9,11-14,17H,10,15-16H2,1-3H3/t17-/m0/s1. The van der Waals surface area contributed by atoms with Crippen molar-refractivity contribution in [1.82, 2.24) is 4.90 Å². The van der Waals surface area contributed by atoms with Gasteiger partial charge < -0.3 is 4.90 Å². The fraction of sp³-hybridized carbons (Fsp3) is 0.381. The molecule has 0 amide bonds. The summed E-state index contributed by atoms with van der Waals surface area (Å²) in [6, 6.07) is 20.4. The number of hydrogen-bond acceptors (Lipinski definition) is 2. The molecule has 0 aromatic heterocycles. The van der Waals surface area contributed by atoms with Gasteiger partial charge in [0.05, 0.1) is 10.2 Å². The average molecular weight is 388 g/mol. The molecule has 0 aliphatic heterocycles. The monoisotopic (exact) mass is 387 g/mol. The number of benzene rings is 2. The molecular formula is C21H26BrNO. The first-order valence-corrected chi connectivity index (χ1v) is 9.34. The number of ketones is 1. The highest BCUT2D eigenvalue weighted by Crippen LogP contribution is 2.39. The summed E-state index contributed by atoms with van der Waals surface area (Å²) in [6.07, 6.45) is 1.76. The van der Waals surface area contributed by atoms with Crippen molar-refractivity contribution in [3.8, 4) is 0 Å². The Morgan fingerprint density at radius 2 is 1.46 bits per heavy atom. The molecule has 0 aliphatic carbocycles. The van der Waals surface area contributed by atoms with E-state index in [1.54, 1.807) is 0 Å². The van der Waals surface area contributed by atoms with Gasteiger partial charge in [0.1, 0.15) is 0 Å². The number of Topliss-reactive ketones (excluding diaryl/α,β-unsaturated/α-hetero) is 1. The highest BCUT2D eigenvalue weighted by Gasteiger charge is 2.42. The van der Waals surface area contributed by atoms with Crippen LogP contribution in [0, 0.1) is 0 Å². The van der Waals surface area contributed by atoms with Gasteiger partial charge in [-0.25, -0.2) is 0 Å². The van der Waals surface area contributed by atoms with E-state index in [9.17, 15) is 4.79 Å². The predicted molar refractivity (Wildman–Crippen MR) is 105 cm³/mol. The second-order valence-corrected chi connectivity index (χ2v) is 7.90. The van der Waals surface area contributed by atoms with E-state index in [1.165, 1.54) is 0 Å². The maximum Gasteiger partial charge on any atom is 0.161 e. The van der Waals surface area contributed by atoms with Gasteiger partial charge in [0.15, 0.2) is 5.78 Å². The third-order valence-electron chi connectivity index (χ3n) is 4.47. The number of rotatable bonds is 8. The Kier molecular flexibility index (Phi) is 6.76. The van der Waals surface area contributed by atoms with Crippen LogP contribution in [0.1, 0.15) is 30.9 Å². The Morgan fingerprint density at radius 3 is 1.83 bits per heavy atom. The second-order valence-electron chi connectivity index (χ2n) is 6.52. The molecule has 0 unspecified atom stereocenters. The largest absolute Gasteiger partial charge is 0.309 e. The zero-order valence-corrected chi connectivity index (χ0v) is 16.3. The van der Waals surface area contributed by atoms with E-state index in [0.717, 1.165) is 30.5 Å². The minimum absolute atomic E-state index is 0.197. The van der Waals surface area contributed by atoms with Crippen LogP contribution >= 0.6 is 15.9 Å². The fourth-order valence-corrected chi connectivity index (χ4v) is 3.70. The van der Waals surface area contributed by atoms with E-state index in [-0.39, 0.29) is 10.6 Å². The highest BCUT2D eigenvalue weighted by molar-refractivity contribution is 9.10. The van der Waals surface area contributed by atoms with Gasteiger partial charge in [0, 0.05) is 0 Å². The summed E-state index contributed by atoms with van der Waals surface area (Å²) in [7, 11) is 4.14. The van der Waals surface area contributed by atoms with E-state index in [4.69, 9.17) is 0 Å². The molecular weight excluding hydrogens is 362 g/mol. The van der Waals surface area contributed by atoms with E-state index < -0.39 is 5.41 Å². The van der Waals surface area contributed by atoms with E-state index in [0.29, 0.717) is 0 Å². The molecule has 2 aromatic rings. The normalized spacial score (nSPS) is 13.0. The van der Waals surface area contributed by atoms with Crippen LogP contribution < -0.4 is 0 Å². The molecule has 0 saturated heterocycles. The molecule has 0 fully saturated rings. The number of halogens is 1. The zero-order valence-electron chi connectivity index (χ0n) is 14.7. The minimum Gasteiger partial charge on any atom is -0.309 e. The van der Waals surface area contributed by atoms with Crippen LogP contribution in [0.3, 0.4) is 0 Å². The molecule has 0 spiro atoms. The molecule has 2 nitrogen and oxygen atoms in total. The summed E-state index contributed by atoms with van der Waals surface area (Å²) >= 11 is 3.53. The van der Waals surface area contributed by atoms with Crippen molar-refractivity contribution in [1.29, 1.82) is 0 Å². The average Bonchev–Trinajstić information content (AvgIpc) is 2.59. The van der Waals surface area contributed by atoms with Gasteiger partial charge in [0.2, 0.25) is 0 Å². The Morgan fingerprint density at radius 1 is 1.00 bits per heavy atom. The second kappa shape index (κ2) is 8.59. The quantitative estimate of drug-likeness (QED) is 0.613. The van der Waals surface area contributed by atoms with Gasteiger partial charge >= 0.3 is 0 Å². The Hall–Kier alpha value is -1.45. The molecule has 0 radical (unpaired) electrons. The molecule has 3 heteroatoms. The van der Waals surface area contributed by atoms with Crippen molar-refractivity contribution in [2.45, 2.75) is 30.0 Å². The third kappa shape index (κ3) is 4.14. The number of hydrogen-bond donors (Lipinski definition) is 0. The molecule has 0 N–H and O–H groups in total. The summed E-state index contributed by atoms with van der Waals surface area (Å²) in [4.78, 5) is 15.4. The van der Waals surface area contributed by atoms with Crippen LogP contribution in [0.5, 0.6) is 0 Å². The molecule has 0 bridgehead atoms. The SMILES string of the molecule is C[C@H](Br)C(=O)C(CCCN(C)C)(c1ccccc1)c1ccccc1. The van der Waals surface area contributed by atoms with E-state index >= 15 is 0 Å². The van der Waals surface area contributed by atoms with Gasteiger partial charge in [-0.05, 0) is 51.5 Å². The van der Waals surface area contributed by atoms with Gasteiger partial charge in [-0.15, -0.1) is 0 Å². The van der Waals surface area contributed by atoms with Gasteiger partial charge in [-0.3, -0.25) is 4.79 Å². The molecule has 0 heterocycles. The van der Waals surface area contributed by atoms with Crippen molar-refractivity contribution in [3.05, 3.63) is 71.8 Å². The molecule has 128 valence electrons. The Labute approximate surface area is 154 Å². The van der Waals surface area contributed by atoms with Crippen LogP contribution in [-0.4, -0.2) is 36.2 Å². The highest BCUT2D eigenvalue weighted by atomic mass is 79.9. The summed E-state index contributed by atoms with van der Waals surface area (Å²) < 4.78 is 0. The molecule has 1 atom stereocenters. The van der Waals surface area contributed by atoms with Gasteiger partial charge in [0.25, 0.3) is 0 Å². The summed E-state index contributed by atoms with van der Waals surface area (Å²) in [5, 5.41) is 0. The third-order valence-corrected chi connectivity index (χ3v) is 4.89. The van der Waals surface area contributed by atoms with Crippen LogP contribution in [-0.2, 0) is 10.2 Å². The van der Waals surface area contributed by atoms with Gasteiger partial charge in [-0.1, -0.05) is 76.6 Å². The lowest BCUT2D eigenvalue weighted by atomic mass is 9.67. The van der Waals surface area contributed by atoms with Crippen molar-refractivity contribution in [2.75, 3.05) is 20.6 Å². The molecule has 0 aliphatic rings. The lowest BCUT2D eigenvalue weighted by molar-refractivity contribution is -0.122. The maximum atomic E-state index is 13.4. The van der Waals surface area contributed by atoms with E-state index in [1.807, 2.05) is 43.3 Å². The fourth-order valence-electron chi connectivity index (χ4n) is 3.31. The number of alkyl halides is 1. The summed E-state index contributed by atoms with van der Waals surface area (Å²) in [5.74, 6) is 0.221. The van der Waals surface area contributed by atoms with Crippen LogP contribution in [0.2, 0.25) is 0 Å². The number of carbonyl (C=O) groups is 1. The predicted octanol–water partition coefficient (Wildman–Crippen LogP) is 4.67.